The van der Waals surface area contributed by atoms with Crippen molar-refractivity contribution < 1.29 is 9.59 Å². The van der Waals surface area contributed by atoms with Crippen LogP contribution in [0.5, 0.6) is 0 Å². The van der Waals surface area contributed by atoms with Gasteiger partial charge in [0, 0.05) is 22.3 Å². The largest absolute Gasteiger partial charge is 0.268 e. The van der Waals surface area contributed by atoms with Crippen LogP contribution in [-0.4, -0.2) is 16.8 Å². The number of amides is 2. The summed E-state index contributed by atoms with van der Waals surface area (Å²) >= 11 is 3.27. The monoisotopic (exact) mass is 452 g/mol. The van der Waals surface area contributed by atoms with E-state index in [0.29, 0.717) is 16.8 Å². The molecule has 1 aliphatic rings. The van der Waals surface area contributed by atoms with Gasteiger partial charge in [-0.05, 0) is 41.3 Å². The highest BCUT2D eigenvalue weighted by Crippen LogP contribution is 2.36. The Hall–Kier alpha value is -3.48. The first-order valence-corrected chi connectivity index (χ1v) is 12.0. The SMILES string of the molecule is O=C1c2cccc3cccc(c23)C(=O)N1c1ccc2nc(SCc3ccccc3)sc2c1. The van der Waals surface area contributed by atoms with E-state index < -0.39 is 0 Å². The fourth-order valence-electron chi connectivity index (χ4n) is 4.08. The number of thioether (sulfide) groups is 1. The third-order valence-corrected chi connectivity index (χ3v) is 7.82. The van der Waals surface area contributed by atoms with Crippen LogP contribution in [0.2, 0.25) is 0 Å². The summed E-state index contributed by atoms with van der Waals surface area (Å²) in [6, 6.07) is 27.0. The predicted molar refractivity (Wildman–Crippen MR) is 131 cm³/mol. The molecule has 0 radical (unpaired) electrons. The zero-order chi connectivity index (χ0) is 21.7. The molecule has 4 aromatic carbocycles. The third kappa shape index (κ3) is 3.11. The number of carbonyl (C=O) groups excluding carboxylic acids is 2. The van der Waals surface area contributed by atoms with E-state index in [4.69, 9.17) is 4.98 Å². The van der Waals surface area contributed by atoms with E-state index in [2.05, 4.69) is 12.1 Å². The summed E-state index contributed by atoms with van der Waals surface area (Å²) in [6.07, 6.45) is 0. The Kier molecular flexibility index (Phi) is 4.56. The lowest BCUT2D eigenvalue weighted by Gasteiger charge is -2.27. The Morgan fingerprint density at radius 3 is 2.25 bits per heavy atom. The molecule has 6 heteroatoms. The molecule has 2 amide bonds. The zero-order valence-electron chi connectivity index (χ0n) is 16.8. The summed E-state index contributed by atoms with van der Waals surface area (Å²) in [4.78, 5) is 32.6. The number of thiazole rings is 1. The number of anilines is 1. The second-order valence-corrected chi connectivity index (χ2v) is 9.81. The molecule has 0 saturated carbocycles. The fraction of sp³-hybridized carbons (Fsp3) is 0.0385. The Balaban J connectivity index is 1.35. The van der Waals surface area contributed by atoms with Gasteiger partial charge in [-0.1, -0.05) is 66.4 Å². The number of hydrogen-bond acceptors (Lipinski definition) is 5. The molecule has 1 aromatic heterocycles. The third-order valence-electron chi connectivity index (χ3n) is 5.59. The van der Waals surface area contributed by atoms with Gasteiger partial charge in [-0.3, -0.25) is 9.59 Å². The molecule has 154 valence electrons. The average Bonchev–Trinajstić information content (AvgIpc) is 3.24. The first kappa shape index (κ1) is 19.2. The van der Waals surface area contributed by atoms with E-state index in [-0.39, 0.29) is 11.8 Å². The van der Waals surface area contributed by atoms with E-state index >= 15 is 0 Å². The van der Waals surface area contributed by atoms with E-state index in [9.17, 15) is 9.59 Å². The number of hydrogen-bond donors (Lipinski definition) is 0. The van der Waals surface area contributed by atoms with Crippen molar-refractivity contribution >= 4 is 61.6 Å². The molecule has 4 nitrogen and oxygen atoms in total. The molecule has 0 unspecified atom stereocenters. The van der Waals surface area contributed by atoms with Crippen LogP contribution in [-0.2, 0) is 5.75 Å². The van der Waals surface area contributed by atoms with Gasteiger partial charge in [0.25, 0.3) is 11.8 Å². The topological polar surface area (TPSA) is 50.3 Å². The molecule has 0 N–H and O–H groups in total. The summed E-state index contributed by atoms with van der Waals surface area (Å²) in [7, 11) is 0. The summed E-state index contributed by atoms with van der Waals surface area (Å²) in [5.41, 5.74) is 3.80. The van der Waals surface area contributed by atoms with Crippen LogP contribution < -0.4 is 4.90 Å². The molecule has 0 fully saturated rings. The number of fused-ring (bicyclic) bond motifs is 1. The van der Waals surface area contributed by atoms with Gasteiger partial charge < -0.3 is 0 Å². The van der Waals surface area contributed by atoms with Gasteiger partial charge in [0.2, 0.25) is 0 Å². The lowest BCUT2D eigenvalue weighted by atomic mass is 9.94. The molecule has 2 heterocycles. The summed E-state index contributed by atoms with van der Waals surface area (Å²) in [6.45, 7) is 0. The highest BCUT2D eigenvalue weighted by atomic mass is 32.2. The number of nitrogens with zero attached hydrogens (tertiary/aromatic N) is 2. The first-order valence-electron chi connectivity index (χ1n) is 10.2. The maximum Gasteiger partial charge on any atom is 0.265 e. The molecular weight excluding hydrogens is 436 g/mol. The van der Waals surface area contributed by atoms with Crippen molar-refractivity contribution in [2.45, 2.75) is 10.1 Å². The zero-order valence-corrected chi connectivity index (χ0v) is 18.5. The van der Waals surface area contributed by atoms with Crippen molar-refractivity contribution in [2.24, 2.45) is 0 Å². The number of imide groups is 1. The maximum absolute atomic E-state index is 13.3. The van der Waals surface area contributed by atoms with Gasteiger partial charge in [0.05, 0.1) is 15.9 Å². The van der Waals surface area contributed by atoms with Gasteiger partial charge in [-0.15, -0.1) is 11.3 Å². The molecule has 0 saturated heterocycles. The highest BCUT2D eigenvalue weighted by Gasteiger charge is 2.34. The number of benzene rings is 4. The number of aromatic nitrogens is 1. The van der Waals surface area contributed by atoms with Crippen LogP contribution in [0.3, 0.4) is 0 Å². The molecule has 0 spiro atoms. The quantitative estimate of drug-likeness (QED) is 0.229. The molecule has 6 rings (SSSR count). The summed E-state index contributed by atoms with van der Waals surface area (Å²) in [5, 5.41) is 1.64. The summed E-state index contributed by atoms with van der Waals surface area (Å²) in [5.74, 6) is 0.265. The first-order chi connectivity index (χ1) is 15.7. The minimum absolute atomic E-state index is 0.290. The van der Waals surface area contributed by atoms with Crippen molar-refractivity contribution in [2.75, 3.05) is 4.90 Å². The summed E-state index contributed by atoms with van der Waals surface area (Å²) < 4.78 is 1.92. The van der Waals surface area contributed by atoms with E-state index in [1.807, 2.05) is 54.6 Å². The number of rotatable bonds is 4. The van der Waals surface area contributed by atoms with Crippen LogP contribution in [0, 0.1) is 0 Å². The molecule has 32 heavy (non-hydrogen) atoms. The van der Waals surface area contributed by atoms with Crippen molar-refractivity contribution in [3.63, 3.8) is 0 Å². The van der Waals surface area contributed by atoms with Crippen molar-refractivity contribution in [1.82, 2.24) is 4.98 Å². The normalized spacial score (nSPS) is 13.3. The molecule has 5 aromatic rings. The Bertz CT molecular complexity index is 1470. The number of carbonyl (C=O) groups is 2. The van der Waals surface area contributed by atoms with Gasteiger partial charge in [0.15, 0.2) is 4.34 Å². The maximum atomic E-state index is 13.3. The molecular formula is C26H16N2O2S2. The van der Waals surface area contributed by atoms with Crippen molar-refractivity contribution in [3.8, 4) is 0 Å². The lowest BCUT2D eigenvalue weighted by Crippen LogP contribution is -2.40. The fourth-order valence-corrected chi connectivity index (χ4v) is 6.13. The molecule has 0 aliphatic carbocycles. The molecule has 1 aliphatic heterocycles. The molecule has 0 atom stereocenters. The smallest absolute Gasteiger partial charge is 0.265 e. The van der Waals surface area contributed by atoms with Crippen molar-refractivity contribution in [1.29, 1.82) is 0 Å². The minimum atomic E-state index is -0.290. The second-order valence-electron chi connectivity index (χ2n) is 7.56. The van der Waals surface area contributed by atoms with Crippen LogP contribution in [0.15, 0.2) is 89.3 Å². The van der Waals surface area contributed by atoms with Crippen LogP contribution in [0.25, 0.3) is 21.0 Å². The van der Waals surface area contributed by atoms with E-state index in [1.165, 1.54) is 10.5 Å². The van der Waals surface area contributed by atoms with E-state index in [0.717, 1.165) is 31.1 Å². The standard InChI is InChI=1S/C26H16N2O2S2/c29-24-19-10-4-8-17-9-5-11-20(23(17)19)25(30)28(24)18-12-13-21-22(14-18)32-26(27-21)31-15-16-6-2-1-3-7-16/h1-14H,15H2. The molecule has 0 bridgehead atoms. The van der Waals surface area contributed by atoms with Gasteiger partial charge in [0.1, 0.15) is 0 Å². The lowest BCUT2D eigenvalue weighted by molar-refractivity contribution is 0.0893. The second kappa shape index (κ2) is 7.58. The minimum Gasteiger partial charge on any atom is -0.268 e. The Morgan fingerprint density at radius 2 is 1.53 bits per heavy atom. The van der Waals surface area contributed by atoms with E-state index in [1.54, 1.807) is 41.3 Å². The van der Waals surface area contributed by atoms with Gasteiger partial charge in [-0.25, -0.2) is 9.88 Å². The van der Waals surface area contributed by atoms with Gasteiger partial charge in [-0.2, -0.15) is 0 Å². The van der Waals surface area contributed by atoms with Crippen LogP contribution in [0.4, 0.5) is 5.69 Å². The Morgan fingerprint density at radius 1 is 0.812 bits per heavy atom. The van der Waals surface area contributed by atoms with Crippen molar-refractivity contribution in [3.05, 3.63) is 102 Å². The van der Waals surface area contributed by atoms with Gasteiger partial charge >= 0.3 is 0 Å². The van der Waals surface area contributed by atoms with Crippen LogP contribution >= 0.6 is 23.1 Å². The predicted octanol–water partition coefficient (Wildman–Crippen LogP) is 6.54. The Labute approximate surface area is 192 Å². The van der Waals surface area contributed by atoms with Crippen LogP contribution in [0.1, 0.15) is 26.3 Å². The average molecular weight is 453 g/mol. The highest BCUT2D eigenvalue weighted by molar-refractivity contribution is 8.00.